The van der Waals surface area contributed by atoms with Crippen LogP contribution in [0.5, 0.6) is 0 Å². The van der Waals surface area contributed by atoms with Crippen molar-refractivity contribution in [3.8, 4) is 0 Å². The van der Waals surface area contributed by atoms with E-state index in [2.05, 4.69) is 27.2 Å². The van der Waals surface area contributed by atoms with Crippen LogP contribution in [0.4, 0.5) is 5.82 Å². The van der Waals surface area contributed by atoms with Crippen molar-refractivity contribution >= 4 is 17.2 Å². The number of nitrogens with one attached hydrogen (secondary N) is 1. The summed E-state index contributed by atoms with van der Waals surface area (Å²) in [7, 11) is 0. The molecule has 2 aromatic heterocycles. The van der Waals surface area contributed by atoms with E-state index < -0.39 is 0 Å². The van der Waals surface area contributed by atoms with Crippen molar-refractivity contribution in [3.05, 3.63) is 38.6 Å². The summed E-state index contributed by atoms with van der Waals surface area (Å²) < 4.78 is 1.58. The van der Waals surface area contributed by atoms with Crippen molar-refractivity contribution in [1.29, 1.82) is 0 Å². The Morgan fingerprint density at radius 2 is 2.20 bits per heavy atom. The second-order valence-electron chi connectivity index (χ2n) is 6.90. The molecule has 0 radical (unpaired) electrons. The summed E-state index contributed by atoms with van der Waals surface area (Å²) in [6, 6.07) is 3.99. The summed E-state index contributed by atoms with van der Waals surface area (Å²) in [5.41, 5.74) is 2.98. The van der Waals surface area contributed by atoms with Gasteiger partial charge in [-0.15, -0.1) is 11.3 Å². The molecule has 3 heterocycles. The largest absolute Gasteiger partial charge is 0.351 e. The zero-order valence-corrected chi connectivity index (χ0v) is 16.1. The lowest BCUT2D eigenvalue weighted by molar-refractivity contribution is 0.423. The molecule has 1 saturated heterocycles. The molecule has 1 fully saturated rings. The number of rotatable bonds is 6. The Bertz CT molecular complexity index is 754. The summed E-state index contributed by atoms with van der Waals surface area (Å²) in [5, 5.41) is 8.19. The van der Waals surface area contributed by atoms with E-state index in [1.807, 2.05) is 25.4 Å². The minimum atomic E-state index is -0.0360. The Labute approximate surface area is 152 Å². The maximum Gasteiger partial charge on any atom is 0.267 e. The van der Waals surface area contributed by atoms with Gasteiger partial charge in [0, 0.05) is 36.6 Å². The van der Waals surface area contributed by atoms with Crippen LogP contribution in [0.2, 0.25) is 0 Å². The van der Waals surface area contributed by atoms with Crippen molar-refractivity contribution in [2.24, 2.45) is 0 Å². The molecule has 136 valence electrons. The van der Waals surface area contributed by atoms with Gasteiger partial charge in [0.25, 0.3) is 5.56 Å². The second-order valence-corrected chi connectivity index (χ2v) is 7.84. The molecule has 7 heteroatoms. The molecule has 0 amide bonds. The van der Waals surface area contributed by atoms with E-state index in [9.17, 15) is 4.79 Å². The molecule has 1 aliphatic rings. The lowest BCUT2D eigenvalue weighted by Crippen LogP contribution is -2.46. The summed E-state index contributed by atoms with van der Waals surface area (Å²) in [4.78, 5) is 19.9. The maximum absolute atomic E-state index is 12.0. The molecule has 25 heavy (non-hydrogen) atoms. The summed E-state index contributed by atoms with van der Waals surface area (Å²) >= 11 is 1.70. The average molecular weight is 362 g/mol. The molecule has 3 rings (SSSR count). The number of piperidine rings is 1. The van der Waals surface area contributed by atoms with Crippen LogP contribution in [0.1, 0.15) is 49.7 Å². The molecule has 6 nitrogen and oxygen atoms in total. The average Bonchev–Trinajstić information content (AvgIpc) is 3.01. The van der Waals surface area contributed by atoms with E-state index in [-0.39, 0.29) is 11.6 Å². The van der Waals surface area contributed by atoms with Gasteiger partial charge >= 0.3 is 0 Å². The molecule has 0 aromatic carbocycles. The van der Waals surface area contributed by atoms with Crippen molar-refractivity contribution < 1.29 is 0 Å². The predicted molar refractivity (Wildman–Crippen MR) is 102 cm³/mol. The van der Waals surface area contributed by atoms with Crippen LogP contribution in [-0.2, 0) is 6.54 Å². The number of hydrogen-bond donors (Lipinski definition) is 1. The second kappa shape index (κ2) is 8.10. The lowest BCUT2D eigenvalue weighted by atomic mass is 10.0. The Morgan fingerprint density at radius 1 is 1.36 bits per heavy atom. The van der Waals surface area contributed by atoms with Crippen LogP contribution in [0, 0.1) is 6.92 Å². The first kappa shape index (κ1) is 18.1. The highest BCUT2D eigenvalue weighted by Crippen LogP contribution is 2.22. The fraction of sp³-hybridized carbons (Fsp3) is 0.611. The highest BCUT2D eigenvalue weighted by atomic mass is 32.1. The van der Waals surface area contributed by atoms with E-state index >= 15 is 0 Å². The lowest BCUT2D eigenvalue weighted by Gasteiger charge is -2.37. The third-order valence-electron chi connectivity index (χ3n) is 4.73. The summed E-state index contributed by atoms with van der Waals surface area (Å²) in [6.45, 7) is 8.81. The molecular formula is C18H27N5OS. The van der Waals surface area contributed by atoms with Gasteiger partial charge < -0.3 is 10.2 Å². The van der Waals surface area contributed by atoms with Crippen molar-refractivity contribution in [2.45, 2.75) is 58.7 Å². The molecule has 0 aliphatic carbocycles. The number of aryl methyl sites for hydroxylation is 1. The maximum atomic E-state index is 12.0. The number of thiazole rings is 1. The SMILES string of the molecule is Cc1ncsc1CNCC1CCCCN1c1ccc(=O)n(C(C)C)n1. The number of anilines is 1. The van der Waals surface area contributed by atoms with Crippen LogP contribution in [0.15, 0.2) is 22.4 Å². The van der Waals surface area contributed by atoms with Gasteiger partial charge in [0.15, 0.2) is 0 Å². The zero-order valence-electron chi connectivity index (χ0n) is 15.2. The van der Waals surface area contributed by atoms with Gasteiger partial charge in [0.05, 0.1) is 17.2 Å². The topological polar surface area (TPSA) is 63.1 Å². The molecule has 1 aliphatic heterocycles. The molecule has 2 aromatic rings. The van der Waals surface area contributed by atoms with E-state index in [1.165, 1.54) is 17.7 Å². The van der Waals surface area contributed by atoms with Crippen molar-refractivity contribution in [1.82, 2.24) is 20.1 Å². The first-order chi connectivity index (χ1) is 12.1. The fourth-order valence-electron chi connectivity index (χ4n) is 3.30. The molecule has 1 atom stereocenters. The van der Waals surface area contributed by atoms with Gasteiger partial charge in [-0.25, -0.2) is 9.67 Å². The third kappa shape index (κ3) is 4.27. The predicted octanol–water partition coefficient (Wildman–Crippen LogP) is 2.74. The van der Waals surface area contributed by atoms with Gasteiger partial charge in [-0.1, -0.05) is 0 Å². The van der Waals surface area contributed by atoms with Crippen molar-refractivity contribution in [3.63, 3.8) is 0 Å². The standard InChI is InChI=1S/C18H27N5OS/c1-13(2)23-18(24)8-7-17(21-23)22-9-5-4-6-15(22)10-19-11-16-14(3)20-12-25-16/h7-8,12-13,15,19H,4-6,9-11H2,1-3H3. The summed E-state index contributed by atoms with van der Waals surface area (Å²) in [6.07, 6.45) is 3.57. The number of hydrogen-bond acceptors (Lipinski definition) is 6. The smallest absolute Gasteiger partial charge is 0.267 e. The quantitative estimate of drug-likeness (QED) is 0.857. The number of aromatic nitrogens is 3. The molecule has 0 spiro atoms. The monoisotopic (exact) mass is 361 g/mol. The van der Waals surface area contributed by atoms with E-state index in [0.29, 0.717) is 6.04 Å². The molecule has 0 bridgehead atoms. The van der Waals surface area contributed by atoms with E-state index in [1.54, 1.807) is 22.1 Å². The van der Waals surface area contributed by atoms with Crippen LogP contribution >= 0.6 is 11.3 Å². The first-order valence-corrected chi connectivity index (χ1v) is 9.90. The van der Waals surface area contributed by atoms with Crippen LogP contribution in [0.25, 0.3) is 0 Å². The minimum absolute atomic E-state index is 0.0360. The minimum Gasteiger partial charge on any atom is -0.351 e. The fourth-order valence-corrected chi connectivity index (χ4v) is 4.05. The number of nitrogens with zero attached hydrogens (tertiary/aromatic N) is 4. The highest BCUT2D eigenvalue weighted by Gasteiger charge is 2.24. The van der Waals surface area contributed by atoms with Crippen LogP contribution in [-0.4, -0.2) is 33.9 Å². The Kier molecular flexibility index (Phi) is 5.86. The molecular weight excluding hydrogens is 334 g/mol. The van der Waals surface area contributed by atoms with Crippen LogP contribution < -0.4 is 15.8 Å². The third-order valence-corrected chi connectivity index (χ3v) is 5.67. The van der Waals surface area contributed by atoms with Gasteiger partial charge in [-0.05, 0) is 46.1 Å². The Balaban J connectivity index is 1.69. The van der Waals surface area contributed by atoms with Gasteiger partial charge in [0.1, 0.15) is 5.82 Å². The van der Waals surface area contributed by atoms with Gasteiger partial charge in [-0.2, -0.15) is 5.10 Å². The van der Waals surface area contributed by atoms with Gasteiger partial charge in [0.2, 0.25) is 0 Å². The first-order valence-electron chi connectivity index (χ1n) is 9.02. The van der Waals surface area contributed by atoms with Gasteiger partial charge in [-0.3, -0.25) is 4.79 Å². The van der Waals surface area contributed by atoms with Crippen molar-refractivity contribution in [2.75, 3.05) is 18.0 Å². The molecule has 1 N–H and O–H groups in total. The zero-order chi connectivity index (χ0) is 17.8. The Morgan fingerprint density at radius 3 is 2.92 bits per heavy atom. The van der Waals surface area contributed by atoms with E-state index in [4.69, 9.17) is 0 Å². The molecule has 1 unspecified atom stereocenters. The normalized spacial score (nSPS) is 18.1. The Hall–Kier alpha value is -1.73. The molecule has 0 saturated carbocycles. The van der Waals surface area contributed by atoms with E-state index in [0.717, 1.165) is 37.6 Å². The van der Waals surface area contributed by atoms with Crippen LogP contribution in [0.3, 0.4) is 0 Å². The highest BCUT2D eigenvalue weighted by molar-refractivity contribution is 7.09. The summed E-state index contributed by atoms with van der Waals surface area (Å²) in [5.74, 6) is 0.911.